The van der Waals surface area contributed by atoms with E-state index in [1.54, 1.807) is 13.0 Å². The van der Waals surface area contributed by atoms with Gasteiger partial charge in [0.2, 0.25) is 10.0 Å². The van der Waals surface area contributed by atoms with Gasteiger partial charge in [0.1, 0.15) is 5.75 Å². The molecule has 7 rings (SSSR count). The molecule has 49 heavy (non-hydrogen) atoms. The molecule has 0 unspecified atom stereocenters. The predicted octanol–water partition coefficient (Wildman–Crippen LogP) is 6.03. The van der Waals surface area contributed by atoms with Crippen LogP contribution in [0.4, 0.5) is 5.69 Å². The van der Waals surface area contributed by atoms with Gasteiger partial charge in [0, 0.05) is 41.6 Å². The molecule has 1 saturated carbocycles. The number of amides is 1. The highest BCUT2D eigenvalue weighted by molar-refractivity contribution is 7.90. The van der Waals surface area contributed by atoms with Crippen LogP contribution in [0.15, 0.2) is 36.4 Å². The van der Waals surface area contributed by atoms with Crippen molar-refractivity contribution in [3.63, 3.8) is 0 Å². The molecule has 5 aliphatic rings. The Balaban J connectivity index is 1.27. The van der Waals surface area contributed by atoms with Crippen LogP contribution >= 0.6 is 11.6 Å². The Labute approximate surface area is 297 Å². The Hall–Kier alpha value is -2.37. The SMILES string of the molecule is C[C@@H]1[C@@H](C)CCC[C@H]([C@H]2OC[C@H](CN(C)C)O2)[C@@H]2CC[C@H]2CN2C[C@@]3(CCCc4cc(Cl)ccc43)COc3ccc(cc32)C(=O)NS1(=O)=O. The number of rotatable bonds is 3. The van der Waals surface area contributed by atoms with Crippen molar-refractivity contribution in [2.24, 2.45) is 23.7 Å². The first kappa shape index (κ1) is 35.1. The molecule has 2 aromatic carbocycles. The smallest absolute Gasteiger partial charge is 0.264 e. The van der Waals surface area contributed by atoms with Crippen molar-refractivity contribution in [2.75, 3.05) is 51.8 Å². The summed E-state index contributed by atoms with van der Waals surface area (Å²) in [6.07, 6.45) is 7.55. The lowest BCUT2D eigenvalue weighted by molar-refractivity contribution is -0.134. The van der Waals surface area contributed by atoms with E-state index in [9.17, 15) is 13.2 Å². The zero-order chi connectivity index (χ0) is 34.5. The largest absolute Gasteiger partial charge is 0.490 e. The summed E-state index contributed by atoms with van der Waals surface area (Å²) in [5.41, 5.74) is 3.49. The first-order chi connectivity index (χ1) is 23.4. The van der Waals surface area contributed by atoms with Crippen LogP contribution in [0.2, 0.25) is 5.02 Å². The van der Waals surface area contributed by atoms with E-state index in [-0.39, 0.29) is 29.6 Å². The van der Waals surface area contributed by atoms with Crippen molar-refractivity contribution < 1.29 is 27.4 Å². The van der Waals surface area contributed by atoms with Gasteiger partial charge in [-0.15, -0.1) is 0 Å². The summed E-state index contributed by atoms with van der Waals surface area (Å²) in [5.74, 6) is 1.06. The number of sulfonamides is 1. The van der Waals surface area contributed by atoms with Crippen LogP contribution in [0.5, 0.6) is 5.75 Å². The van der Waals surface area contributed by atoms with E-state index >= 15 is 0 Å². The van der Waals surface area contributed by atoms with Gasteiger partial charge in [-0.3, -0.25) is 4.79 Å². The highest BCUT2D eigenvalue weighted by atomic mass is 35.5. The number of carbonyl (C=O) groups excluding carboxylic acids is 1. The maximum Gasteiger partial charge on any atom is 0.264 e. The molecule has 8 atom stereocenters. The molecule has 2 bridgehead atoms. The van der Waals surface area contributed by atoms with E-state index in [1.165, 1.54) is 11.1 Å². The van der Waals surface area contributed by atoms with Crippen LogP contribution < -0.4 is 14.4 Å². The van der Waals surface area contributed by atoms with Gasteiger partial charge in [-0.25, -0.2) is 13.1 Å². The standard InChI is InChI=1S/C38H52ClN3O6S/c1-24-7-5-9-32(37-46-21-30(48-37)20-41(3)4)31-13-10-28(31)19-42-22-38(16-6-8-26-17-29(39)12-14-33(26)38)23-47-35-15-11-27(18-34(35)42)36(43)40-49(44,45)25(24)2/h11-12,14-15,17-18,24-25,28,30-32,37H,5-10,13,16,19-23H2,1-4H3,(H,40,43)/t24-,25+,28-,30-,31+,32-,37-,38-/m0/s1. The van der Waals surface area contributed by atoms with Gasteiger partial charge in [0.05, 0.1) is 30.3 Å². The molecule has 0 aromatic heterocycles. The molecule has 9 nitrogen and oxygen atoms in total. The minimum atomic E-state index is -3.90. The Morgan fingerprint density at radius 3 is 2.65 bits per heavy atom. The van der Waals surface area contributed by atoms with Crippen molar-refractivity contribution in [3.8, 4) is 5.75 Å². The van der Waals surface area contributed by atoms with Gasteiger partial charge in [-0.2, -0.15) is 0 Å². The average Bonchev–Trinajstić information content (AvgIpc) is 3.44. The van der Waals surface area contributed by atoms with E-state index < -0.39 is 21.2 Å². The number of hydrogen-bond acceptors (Lipinski definition) is 8. The first-order valence-corrected chi connectivity index (χ1v) is 20.1. The number of halogens is 1. The molecule has 1 N–H and O–H groups in total. The number of ether oxygens (including phenoxy) is 3. The monoisotopic (exact) mass is 713 g/mol. The summed E-state index contributed by atoms with van der Waals surface area (Å²) in [6, 6.07) is 11.6. The third-order valence-electron chi connectivity index (χ3n) is 12.2. The molecule has 3 aliphatic heterocycles. The molecule has 2 aromatic rings. The molecule has 1 spiro atoms. The molecule has 11 heteroatoms. The number of hydrogen-bond donors (Lipinski definition) is 1. The average molecular weight is 714 g/mol. The number of nitrogens with zero attached hydrogens (tertiary/aromatic N) is 2. The molecule has 268 valence electrons. The van der Waals surface area contributed by atoms with Crippen molar-refractivity contribution in [2.45, 2.75) is 88.3 Å². The topological polar surface area (TPSA) is 97.4 Å². The maximum atomic E-state index is 13.6. The molecule has 2 aliphatic carbocycles. The third kappa shape index (κ3) is 7.10. The van der Waals surface area contributed by atoms with Crippen LogP contribution in [0.3, 0.4) is 0 Å². The molecule has 0 radical (unpaired) electrons. The second-order valence-electron chi connectivity index (χ2n) is 15.8. The summed E-state index contributed by atoms with van der Waals surface area (Å²) in [5, 5.41) is 0.0311. The van der Waals surface area contributed by atoms with Gasteiger partial charge in [0.15, 0.2) is 6.29 Å². The summed E-state index contributed by atoms with van der Waals surface area (Å²) >= 11 is 6.47. The van der Waals surface area contributed by atoms with Crippen molar-refractivity contribution in [1.29, 1.82) is 0 Å². The molecular formula is C38H52ClN3O6S. The van der Waals surface area contributed by atoms with Crippen LogP contribution in [0.25, 0.3) is 0 Å². The zero-order valence-corrected chi connectivity index (χ0v) is 30.9. The van der Waals surface area contributed by atoms with Crippen LogP contribution in [0, 0.1) is 23.7 Å². The van der Waals surface area contributed by atoms with Gasteiger partial charge >= 0.3 is 0 Å². The predicted molar refractivity (Wildman–Crippen MR) is 192 cm³/mol. The second-order valence-corrected chi connectivity index (χ2v) is 18.2. The summed E-state index contributed by atoms with van der Waals surface area (Å²) in [7, 11) is 0.217. The number of nitrogens with one attached hydrogen (secondary N) is 1. The van der Waals surface area contributed by atoms with Gasteiger partial charge in [-0.1, -0.05) is 31.0 Å². The summed E-state index contributed by atoms with van der Waals surface area (Å²) in [6.45, 7) is 7.16. The fourth-order valence-corrected chi connectivity index (χ4v) is 10.7. The lowest BCUT2D eigenvalue weighted by atomic mass is 9.64. The molecule has 2 fully saturated rings. The molecule has 3 heterocycles. The van der Waals surface area contributed by atoms with Crippen LogP contribution in [0.1, 0.15) is 80.3 Å². The second kappa shape index (κ2) is 14.0. The minimum Gasteiger partial charge on any atom is -0.490 e. The van der Waals surface area contributed by atoms with Crippen LogP contribution in [-0.4, -0.2) is 83.8 Å². The van der Waals surface area contributed by atoms with Crippen molar-refractivity contribution >= 4 is 33.2 Å². The lowest BCUT2D eigenvalue weighted by Gasteiger charge is -2.47. The number of aryl methyl sites for hydroxylation is 1. The fraction of sp³-hybridized carbons (Fsp3) is 0.658. The number of likely N-dealkylation sites (N-methyl/N-ethyl adjacent to an activating group) is 1. The maximum absolute atomic E-state index is 13.6. The summed E-state index contributed by atoms with van der Waals surface area (Å²) in [4.78, 5) is 18.1. The minimum absolute atomic E-state index is 0.0411. The summed E-state index contributed by atoms with van der Waals surface area (Å²) < 4.78 is 49.0. The van der Waals surface area contributed by atoms with Gasteiger partial charge in [-0.05, 0) is 125 Å². The van der Waals surface area contributed by atoms with E-state index in [0.717, 1.165) is 87.5 Å². The van der Waals surface area contributed by atoms with Gasteiger partial charge in [0.25, 0.3) is 5.91 Å². The third-order valence-corrected chi connectivity index (χ3v) is 14.3. The molecule has 1 saturated heterocycles. The lowest BCUT2D eigenvalue weighted by Crippen LogP contribution is -2.50. The van der Waals surface area contributed by atoms with Gasteiger partial charge < -0.3 is 24.0 Å². The fourth-order valence-electron chi connectivity index (χ4n) is 9.17. The Morgan fingerprint density at radius 1 is 1.04 bits per heavy atom. The van der Waals surface area contributed by atoms with E-state index in [4.69, 9.17) is 25.8 Å². The normalized spacial score (nSPS) is 34.7. The highest BCUT2D eigenvalue weighted by Gasteiger charge is 2.47. The highest BCUT2D eigenvalue weighted by Crippen LogP contribution is 2.49. The van der Waals surface area contributed by atoms with Crippen molar-refractivity contribution in [1.82, 2.24) is 9.62 Å². The van der Waals surface area contributed by atoms with Crippen molar-refractivity contribution in [3.05, 3.63) is 58.1 Å². The van der Waals surface area contributed by atoms with E-state index in [2.05, 4.69) is 40.7 Å². The Morgan fingerprint density at radius 2 is 1.88 bits per heavy atom. The zero-order valence-electron chi connectivity index (χ0n) is 29.3. The quantitative estimate of drug-likeness (QED) is 0.412. The van der Waals surface area contributed by atoms with E-state index in [0.29, 0.717) is 30.6 Å². The Bertz CT molecular complexity index is 1650. The number of carbonyl (C=O) groups is 1. The number of fused-ring (bicyclic) bond motifs is 4. The van der Waals surface area contributed by atoms with Crippen LogP contribution in [-0.2, 0) is 31.3 Å². The number of anilines is 1. The molecular weight excluding hydrogens is 662 g/mol. The van der Waals surface area contributed by atoms with E-state index in [1.807, 2.05) is 25.1 Å². The molecule has 1 amide bonds. The first-order valence-electron chi connectivity index (χ1n) is 18.2. The number of benzene rings is 2. The Kier molecular flexibility index (Phi) is 10.0.